The molecule has 0 aromatic rings. The Morgan fingerprint density at radius 3 is 1.91 bits per heavy atom. The van der Waals surface area contributed by atoms with Gasteiger partial charge in [0.2, 0.25) is 0 Å². The van der Waals surface area contributed by atoms with Crippen molar-refractivity contribution < 1.29 is 0 Å². The van der Waals surface area contributed by atoms with Gasteiger partial charge in [-0.05, 0) is 26.2 Å². The fourth-order valence-electron chi connectivity index (χ4n) is 1.50. The summed E-state index contributed by atoms with van der Waals surface area (Å²) in [6.45, 7) is 6.97. The van der Waals surface area contributed by atoms with Crippen LogP contribution in [0.25, 0.3) is 0 Å². The molecule has 1 heterocycles. The van der Waals surface area contributed by atoms with Crippen LogP contribution in [-0.2, 0) is 0 Å². The van der Waals surface area contributed by atoms with E-state index in [9.17, 15) is 0 Å². The average molecular weight is 190 g/mol. The summed E-state index contributed by atoms with van der Waals surface area (Å²) < 4.78 is 0.832. The van der Waals surface area contributed by atoms with Crippen molar-refractivity contribution in [1.82, 2.24) is 0 Å². The molecule has 0 nitrogen and oxygen atoms in total. The summed E-state index contributed by atoms with van der Waals surface area (Å²) in [7, 11) is 0. The van der Waals surface area contributed by atoms with E-state index >= 15 is 0 Å². The molecule has 2 heteroatoms. The van der Waals surface area contributed by atoms with Gasteiger partial charge in [0.1, 0.15) is 0 Å². The van der Waals surface area contributed by atoms with Crippen LogP contribution in [0.4, 0.5) is 0 Å². The summed E-state index contributed by atoms with van der Waals surface area (Å²) in [6, 6.07) is 0. The lowest BCUT2D eigenvalue weighted by atomic mass is 10.1. The normalized spacial score (nSPS) is 39.0. The fourth-order valence-corrected chi connectivity index (χ4v) is 4.98. The van der Waals surface area contributed by atoms with Gasteiger partial charge in [0.05, 0.1) is 0 Å². The third-order valence-electron chi connectivity index (χ3n) is 2.20. The second-order valence-electron chi connectivity index (χ2n) is 3.14. The predicted octanol–water partition coefficient (Wildman–Crippen LogP) is 3.76. The van der Waals surface area contributed by atoms with E-state index in [4.69, 9.17) is 0 Å². The molecule has 0 aliphatic carbocycles. The lowest BCUT2D eigenvalue weighted by molar-refractivity contribution is 0.677. The largest absolute Gasteiger partial charge is 0.144 e. The number of hydrogen-bond donors (Lipinski definition) is 0. The van der Waals surface area contributed by atoms with Crippen LogP contribution in [0.15, 0.2) is 0 Å². The van der Waals surface area contributed by atoms with Gasteiger partial charge < -0.3 is 0 Å². The molecule has 1 fully saturated rings. The molecule has 0 N–H and O–H groups in total. The maximum atomic E-state index is 2.35. The topological polar surface area (TPSA) is 0 Å². The Bertz CT molecular complexity index is 102. The highest BCUT2D eigenvalue weighted by molar-refractivity contribution is 8.18. The zero-order chi connectivity index (χ0) is 8.27. The van der Waals surface area contributed by atoms with Gasteiger partial charge in [0.15, 0.2) is 0 Å². The molecule has 0 aromatic heterocycles. The molecule has 1 saturated heterocycles. The van der Waals surface area contributed by atoms with Crippen LogP contribution in [0.2, 0.25) is 0 Å². The van der Waals surface area contributed by atoms with Crippen molar-refractivity contribution in [3.05, 3.63) is 0 Å². The summed E-state index contributed by atoms with van der Waals surface area (Å²) in [5, 5.41) is 1.88. The van der Waals surface area contributed by atoms with Gasteiger partial charge in [-0.2, -0.15) is 0 Å². The van der Waals surface area contributed by atoms with Crippen LogP contribution in [0.5, 0.6) is 0 Å². The number of thioether (sulfide) groups is 2. The zero-order valence-corrected chi connectivity index (χ0v) is 9.30. The fraction of sp³-hybridized carbons (Fsp3) is 1.00. The van der Waals surface area contributed by atoms with Crippen LogP contribution in [-0.4, -0.2) is 15.1 Å². The van der Waals surface area contributed by atoms with E-state index in [0.29, 0.717) is 0 Å². The first-order valence-corrected chi connectivity index (χ1v) is 6.45. The van der Waals surface area contributed by atoms with Crippen LogP contribution in [0.3, 0.4) is 0 Å². The van der Waals surface area contributed by atoms with Crippen LogP contribution < -0.4 is 0 Å². The van der Waals surface area contributed by atoms with Crippen molar-refractivity contribution in [2.24, 2.45) is 0 Å². The standard InChI is InChI=1S/C9H18S2/c1-4-8-6-9(5-2)11-7(3)10-8/h7-9H,4-6H2,1-3H3. The lowest BCUT2D eigenvalue weighted by Crippen LogP contribution is -2.21. The van der Waals surface area contributed by atoms with Crippen molar-refractivity contribution in [1.29, 1.82) is 0 Å². The Labute approximate surface area is 78.9 Å². The maximum Gasteiger partial charge on any atom is 0.0479 e. The van der Waals surface area contributed by atoms with Crippen LogP contribution in [0.1, 0.15) is 40.0 Å². The monoisotopic (exact) mass is 190 g/mol. The maximum absolute atomic E-state index is 2.35. The van der Waals surface area contributed by atoms with Gasteiger partial charge in [-0.1, -0.05) is 13.8 Å². The van der Waals surface area contributed by atoms with E-state index < -0.39 is 0 Å². The van der Waals surface area contributed by atoms with E-state index in [1.165, 1.54) is 19.3 Å². The number of rotatable bonds is 2. The second-order valence-corrected chi connectivity index (χ2v) is 6.73. The summed E-state index contributed by atoms with van der Waals surface area (Å²) in [6.07, 6.45) is 4.14. The van der Waals surface area contributed by atoms with Gasteiger partial charge in [0.25, 0.3) is 0 Å². The van der Waals surface area contributed by atoms with E-state index in [0.717, 1.165) is 15.1 Å². The summed E-state index contributed by atoms with van der Waals surface area (Å²) in [4.78, 5) is 0. The molecule has 0 saturated carbocycles. The first kappa shape index (κ1) is 9.79. The third-order valence-corrected chi connectivity index (χ3v) is 5.46. The highest BCUT2D eigenvalue weighted by atomic mass is 32.2. The molecule has 1 rings (SSSR count). The number of hydrogen-bond acceptors (Lipinski definition) is 2. The molecule has 0 bridgehead atoms. The third kappa shape index (κ3) is 2.90. The minimum atomic E-state index is 0.832. The van der Waals surface area contributed by atoms with Crippen molar-refractivity contribution in [2.45, 2.75) is 55.1 Å². The molecule has 2 unspecified atom stereocenters. The summed E-state index contributed by atoms with van der Waals surface area (Å²) >= 11 is 4.34. The lowest BCUT2D eigenvalue weighted by Gasteiger charge is -2.31. The average Bonchev–Trinajstić information content (AvgIpc) is 2.03. The van der Waals surface area contributed by atoms with Crippen molar-refractivity contribution in [2.75, 3.05) is 0 Å². The van der Waals surface area contributed by atoms with Gasteiger partial charge in [-0.25, -0.2) is 0 Å². The molecule has 1 aliphatic heterocycles. The van der Waals surface area contributed by atoms with E-state index in [1.54, 1.807) is 0 Å². The molecule has 11 heavy (non-hydrogen) atoms. The highest BCUT2D eigenvalue weighted by Gasteiger charge is 2.24. The van der Waals surface area contributed by atoms with E-state index in [-0.39, 0.29) is 0 Å². The molecule has 0 amide bonds. The minimum absolute atomic E-state index is 0.832. The van der Waals surface area contributed by atoms with Crippen LogP contribution in [0, 0.1) is 0 Å². The van der Waals surface area contributed by atoms with E-state index in [1.807, 2.05) is 0 Å². The quantitative estimate of drug-likeness (QED) is 0.650. The molecule has 66 valence electrons. The Morgan fingerprint density at radius 1 is 1.09 bits per heavy atom. The molecule has 1 aliphatic rings. The van der Waals surface area contributed by atoms with E-state index in [2.05, 4.69) is 44.3 Å². The van der Waals surface area contributed by atoms with Crippen LogP contribution >= 0.6 is 23.5 Å². The highest BCUT2D eigenvalue weighted by Crippen LogP contribution is 2.42. The summed E-state index contributed by atoms with van der Waals surface area (Å²) in [5.41, 5.74) is 0. The SMILES string of the molecule is CCC1CC(CC)SC(C)S1. The zero-order valence-electron chi connectivity index (χ0n) is 7.67. The Kier molecular flexibility index (Phi) is 4.14. The Hall–Kier alpha value is 0.700. The molecule has 0 radical (unpaired) electrons. The summed E-state index contributed by atoms with van der Waals surface area (Å²) in [5.74, 6) is 0. The molecule has 0 aromatic carbocycles. The Balaban J connectivity index is 2.37. The predicted molar refractivity (Wildman–Crippen MR) is 57.4 cm³/mol. The minimum Gasteiger partial charge on any atom is -0.144 e. The van der Waals surface area contributed by atoms with Crippen molar-refractivity contribution in [3.8, 4) is 0 Å². The van der Waals surface area contributed by atoms with Gasteiger partial charge in [0, 0.05) is 15.1 Å². The smallest absolute Gasteiger partial charge is 0.0479 e. The molecular formula is C9H18S2. The second kappa shape index (κ2) is 4.66. The molecule has 0 spiro atoms. The Morgan fingerprint density at radius 2 is 1.55 bits per heavy atom. The van der Waals surface area contributed by atoms with Crippen molar-refractivity contribution >= 4 is 23.5 Å². The molecular weight excluding hydrogens is 172 g/mol. The molecule has 2 atom stereocenters. The van der Waals surface area contributed by atoms with Crippen molar-refractivity contribution in [3.63, 3.8) is 0 Å². The first-order chi connectivity index (χ1) is 5.26. The van der Waals surface area contributed by atoms with Gasteiger partial charge >= 0.3 is 0 Å². The first-order valence-electron chi connectivity index (χ1n) is 4.57. The van der Waals surface area contributed by atoms with Gasteiger partial charge in [-0.15, -0.1) is 23.5 Å². The van der Waals surface area contributed by atoms with Gasteiger partial charge in [-0.3, -0.25) is 0 Å².